The summed E-state index contributed by atoms with van der Waals surface area (Å²) in [5.41, 5.74) is 2.56. The number of nitrogens with one attached hydrogen (secondary N) is 1. The zero-order valence-corrected chi connectivity index (χ0v) is 18.1. The third-order valence-electron chi connectivity index (χ3n) is 5.61. The van der Waals surface area contributed by atoms with Gasteiger partial charge in [-0.15, -0.1) is 11.3 Å². The maximum absolute atomic E-state index is 13.4. The number of halogens is 1. The van der Waals surface area contributed by atoms with Gasteiger partial charge in [0.1, 0.15) is 11.7 Å². The summed E-state index contributed by atoms with van der Waals surface area (Å²) in [6.45, 7) is 4.92. The van der Waals surface area contributed by atoms with Gasteiger partial charge in [0, 0.05) is 17.6 Å². The van der Waals surface area contributed by atoms with E-state index in [1.54, 1.807) is 22.3 Å². The number of hydrogen-bond donors (Lipinski definition) is 1. The summed E-state index contributed by atoms with van der Waals surface area (Å²) in [6, 6.07) is 10.9. The predicted molar refractivity (Wildman–Crippen MR) is 117 cm³/mol. The van der Waals surface area contributed by atoms with Crippen LogP contribution in [0.5, 0.6) is 0 Å². The molecule has 2 amide bonds. The average Bonchev–Trinajstić information content (AvgIpc) is 3.30. The quantitative estimate of drug-likeness (QED) is 0.618. The molecule has 1 aromatic carbocycles. The third kappa shape index (κ3) is 3.79. The van der Waals surface area contributed by atoms with Gasteiger partial charge in [0.25, 0.3) is 5.91 Å². The fourth-order valence-electron chi connectivity index (χ4n) is 3.94. The Morgan fingerprint density at radius 3 is 2.79 bits per heavy atom. The van der Waals surface area contributed by atoms with E-state index in [4.69, 9.17) is 11.6 Å². The summed E-state index contributed by atoms with van der Waals surface area (Å²) in [5.74, 6) is -0.221. The molecule has 29 heavy (non-hydrogen) atoms. The second-order valence-corrected chi connectivity index (χ2v) is 8.80. The standard InChI is InChI=1S/C22H24ClN3O2S/c1-3-16(4-2)24-21(27)19-13-25-17-8-9-29-20(17)11-18(25)22(28)26(19)12-14-6-5-7-15(23)10-14/h5-11,16,19H,3-4,12-13H2,1-2H3,(H,24,27). The summed E-state index contributed by atoms with van der Waals surface area (Å²) >= 11 is 7.75. The van der Waals surface area contributed by atoms with E-state index in [0.717, 1.165) is 28.6 Å². The Hall–Kier alpha value is -2.31. The van der Waals surface area contributed by atoms with Crippen LogP contribution in [0, 0.1) is 0 Å². The predicted octanol–water partition coefficient (Wildman–Crippen LogP) is 4.69. The molecule has 1 N–H and O–H groups in total. The van der Waals surface area contributed by atoms with Crippen LogP contribution >= 0.6 is 22.9 Å². The second kappa shape index (κ2) is 8.20. The molecule has 0 aliphatic carbocycles. The van der Waals surface area contributed by atoms with E-state index in [9.17, 15) is 9.59 Å². The van der Waals surface area contributed by atoms with Crippen LogP contribution in [0.25, 0.3) is 10.2 Å². The summed E-state index contributed by atoms with van der Waals surface area (Å²) in [6.07, 6.45) is 1.72. The highest BCUT2D eigenvalue weighted by molar-refractivity contribution is 7.17. The second-order valence-electron chi connectivity index (χ2n) is 7.41. The summed E-state index contributed by atoms with van der Waals surface area (Å²) in [7, 11) is 0. The van der Waals surface area contributed by atoms with Crippen molar-refractivity contribution in [2.24, 2.45) is 0 Å². The SMILES string of the molecule is CCC(CC)NC(=O)C1Cn2c(cc3sccc32)C(=O)N1Cc1cccc(Cl)c1. The van der Waals surface area contributed by atoms with Crippen LogP contribution in [0.15, 0.2) is 41.8 Å². The average molecular weight is 430 g/mol. The molecule has 0 saturated carbocycles. The molecule has 1 unspecified atom stereocenters. The number of rotatable bonds is 6. The normalized spacial score (nSPS) is 16.5. The van der Waals surface area contributed by atoms with Gasteiger partial charge < -0.3 is 14.8 Å². The van der Waals surface area contributed by atoms with Crippen LogP contribution in [-0.2, 0) is 17.9 Å². The van der Waals surface area contributed by atoms with Gasteiger partial charge in [-0.1, -0.05) is 37.6 Å². The smallest absolute Gasteiger partial charge is 0.271 e. The van der Waals surface area contributed by atoms with Gasteiger partial charge in [0.2, 0.25) is 5.91 Å². The summed E-state index contributed by atoms with van der Waals surface area (Å²) < 4.78 is 3.05. The van der Waals surface area contributed by atoms with Crippen LogP contribution in [0.4, 0.5) is 0 Å². The Kier molecular flexibility index (Phi) is 5.65. The summed E-state index contributed by atoms with van der Waals surface area (Å²) in [5, 5.41) is 5.76. The first kappa shape index (κ1) is 20.0. The molecule has 7 heteroatoms. The first-order valence-electron chi connectivity index (χ1n) is 9.94. The van der Waals surface area contributed by atoms with E-state index in [1.807, 2.05) is 40.3 Å². The van der Waals surface area contributed by atoms with Gasteiger partial charge in [0.15, 0.2) is 0 Å². The van der Waals surface area contributed by atoms with Crippen molar-refractivity contribution in [3.63, 3.8) is 0 Å². The van der Waals surface area contributed by atoms with Crippen LogP contribution in [0.1, 0.15) is 42.7 Å². The van der Waals surface area contributed by atoms with E-state index < -0.39 is 6.04 Å². The molecular weight excluding hydrogens is 406 g/mol. The molecule has 0 saturated heterocycles. The van der Waals surface area contributed by atoms with E-state index in [-0.39, 0.29) is 17.9 Å². The van der Waals surface area contributed by atoms with Crippen molar-refractivity contribution in [3.05, 3.63) is 58.1 Å². The van der Waals surface area contributed by atoms with Crippen LogP contribution in [0.3, 0.4) is 0 Å². The molecule has 0 bridgehead atoms. The zero-order valence-electron chi connectivity index (χ0n) is 16.5. The first-order valence-corrected chi connectivity index (χ1v) is 11.2. The van der Waals surface area contributed by atoms with Gasteiger partial charge in [0.05, 0.1) is 16.8 Å². The van der Waals surface area contributed by atoms with Crippen molar-refractivity contribution in [1.29, 1.82) is 0 Å². The number of fused-ring (bicyclic) bond motifs is 3. The minimum Gasteiger partial charge on any atom is -0.352 e. The van der Waals surface area contributed by atoms with E-state index in [2.05, 4.69) is 19.2 Å². The zero-order chi connectivity index (χ0) is 20.5. The van der Waals surface area contributed by atoms with Crippen LogP contribution in [-0.4, -0.2) is 33.4 Å². The molecule has 5 nitrogen and oxygen atoms in total. The topological polar surface area (TPSA) is 54.3 Å². The highest BCUT2D eigenvalue weighted by Gasteiger charge is 2.38. The monoisotopic (exact) mass is 429 g/mol. The number of nitrogens with zero attached hydrogens (tertiary/aromatic N) is 2. The van der Waals surface area contributed by atoms with Crippen molar-refractivity contribution < 1.29 is 9.59 Å². The van der Waals surface area contributed by atoms with E-state index in [1.165, 1.54) is 0 Å². The number of carbonyl (C=O) groups excluding carboxylic acids is 2. The minimum absolute atomic E-state index is 0.100. The van der Waals surface area contributed by atoms with Crippen LogP contribution < -0.4 is 5.32 Å². The van der Waals surface area contributed by atoms with Crippen molar-refractivity contribution in [2.45, 2.75) is 51.9 Å². The van der Waals surface area contributed by atoms with Gasteiger partial charge in [-0.2, -0.15) is 0 Å². The fourth-order valence-corrected chi connectivity index (χ4v) is 4.97. The molecular formula is C22H24ClN3O2S. The Bertz CT molecular complexity index is 1050. The molecule has 1 aliphatic heterocycles. The molecule has 2 aromatic heterocycles. The lowest BCUT2D eigenvalue weighted by Gasteiger charge is -2.36. The Morgan fingerprint density at radius 2 is 2.07 bits per heavy atom. The molecule has 0 radical (unpaired) electrons. The molecule has 4 rings (SSSR count). The Labute approximate surface area is 179 Å². The number of amides is 2. The Morgan fingerprint density at radius 1 is 1.28 bits per heavy atom. The maximum atomic E-state index is 13.4. The third-order valence-corrected chi connectivity index (χ3v) is 6.70. The minimum atomic E-state index is -0.565. The largest absolute Gasteiger partial charge is 0.352 e. The molecule has 3 aromatic rings. The van der Waals surface area contributed by atoms with Gasteiger partial charge in [-0.05, 0) is 48.1 Å². The maximum Gasteiger partial charge on any atom is 0.271 e. The molecule has 0 fully saturated rings. The highest BCUT2D eigenvalue weighted by Crippen LogP contribution is 2.31. The molecule has 152 valence electrons. The lowest BCUT2D eigenvalue weighted by molar-refractivity contribution is -0.127. The molecule has 1 aliphatic rings. The van der Waals surface area contributed by atoms with Crippen molar-refractivity contribution in [1.82, 2.24) is 14.8 Å². The molecule has 3 heterocycles. The lowest BCUT2D eigenvalue weighted by Crippen LogP contribution is -2.56. The van der Waals surface area contributed by atoms with Crippen molar-refractivity contribution >= 4 is 45.0 Å². The number of aromatic nitrogens is 1. The van der Waals surface area contributed by atoms with Crippen molar-refractivity contribution in [3.8, 4) is 0 Å². The van der Waals surface area contributed by atoms with E-state index in [0.29, 0.717) is 23.8 Å². The number of hydrogen-bond acceptors (Lipinski definition) is 3. The summed E-state index contributed by atoms with van der Waals surface area (Å²) in [4.78, 5) is 28.3. The molecule has 1 atom stereocenters. The highest BCUT2D eigenvalue weighted by atomic mass is 35.5. The fraction of sp³-hybridized carbons (Fsp3) is 0.364. The number of thiophene rings is 1. The van der Waals surface area contributed by atoms with Gasteiger partial charge in [-0.3, -0.25) is 9.59 Å². The van der Waals surface area contributed by atoms with E-state index >= 15 is 0 Å². The Balaban J connectivity index is 1.71. The van der Waals surface area contributed by atoms with Gasteiger partial charge in [-0.25, -0.2) is 0 Å². The first-order chi connectivity index (χ1) is 14.0. The van der Waals surface area contributed by atoms with Crippen LogP contribution in [0.2, 0.25) is 5.02 Å². The lowest BCUT2D eigenvalue weighted by atomic mass is 10.1. The van der Waals surface area contributed by atoms with Crippen molar-refractivity contribution in [2.75, 3.05) is 0 Å². The number of benzene rings is 1. The van der Waals surface area contributed by atoms with Gasteiger partial charge >= 0.3 is 0 Å². The molecule has 0 spiro atoms. The number of carbonyl (C=O) groups is 2.